The van der Waals surface area contributed by atoms with Gasteiger partial charge in [-0.25, -0.2) is 9.69 Å². The monoisotopic (exact) mass is 446 g/mol. The molecule has 1 aromatic rings. The summed E-state index contributed by atoms with van der Waals surface area (Å²) in [6, 6.07) is 7.28. The SMILES string of the molecule is CC(C)Oc1ccc(C2(C)C(=O)N(CN3CCOCC3)C(=O)N2CN2CCOCC2)cc1. The Morgan fingerprint density at radius 2 is 1.44 bits per heavy atom. The fourth-order valence-corrected chi connectivity index (χ4v) is 4.42. The first-order valence-corrected chi connectivity index (χ1v) is 11.4. The molecule has 0 saturated carbocycles. The quantitative estimate of drug-likeness (QED) is 0.588. The van der Waals surface area contributed by atoms with Crippen molar-refractivity contribution in [2.45, 2.75) is 32.4 Å². The van der Waals surface area contributed by atoms with Crippen LogP contribution in [0.3, 0.4) is 0 Å². The van der Waals surface area contributed by atoms with Gasteiger partial charge in [0, 0.05) is 26.2 Å². The summed E-state index contributed by atoms with van der Waals surface area (Å²) in [6.07, 6.45) is 0.0629. The van der Waals surface area contributed by atoms with E-state index in [1.54, 1.807) is 4.90 Å². The van der Waals surface area contributed by atoms with Crippen LogP contribution in [0.4, 0.5) is 4.79 Å². The largest absolute Gasteiger partial charge is 0.491 e. The highest BCUT2D eigenvalue weighted by Gasteiger charge is 2.56. The van der Waals surface area contributed by atoms with Crippen LogP contribution in [0.25, 0.3) is 0 Å². The molecule has 3 fully saturated rings. The minimum absolute atomic E-state index is 0.0629. The molecule has 0 N–H and O–H groups in total. The summed E-state index contributed by atoms with van der Waals surface area (Å²) in [5.41, 5.74) is -0.303. The number of hydrogen-bond donors (Lipinski definition) is 0. The number of amides is 3. The van der Waals surface area contributed by atoms with Crippen molar-refractivity contribution < 1.29 is 23.8 Å². The first-order chi connectivity index (χ1) is 15.4. The van der Waals surface area contributed by atoms with Crippen molar-refractivity contribution in [2.75, 3.05) is 65.9 Å². The Bertz CT molecular complexity index is 805. The van der Waals surface area contributed by atoms with Crippen molar-refractivity contribution in [1.29, 1.82) is 0 Å². The molecule has 0 aromatic heterocycles. The van der Waals surface area contributed by atoms with E-state index in [9.17, 15) is 9.59 Å². The molecule has 3 aliphatic rings. The molecule has 0 aliphatic carbocycles. The maximum atomic E-state index is 13.8. The van der Waals surface area contributed by atoms with Crippen molar-refractivity contribution in [3.05, 3.63) is 29.8 Å². The van der Waals surface area contributed by atoms with Crippen molar-refractivity contribution >= 4 is 11.9 Å². The van der Waals surface area contributed by atoms with Gasteiger partial charge in [0.1, 0.15) is 11.3 Å². The van der Waals surface area contributed by atoms with E-state index in [-0.39, 0.29) is 24.7 Å². The minimum Gasteiger partial charge on any atom is -0.491 e. The summed E-state index contributed by atoms with van der Waals surface area (Å²) < 4.78 is 16.6. The van der Waals surface area contributed by atoms with Gasteiger partial charge in [-0.15, -0.1) is 0 Å². The third-order valence-electron chi connectivity index (χ3n) is 6.34. The molecule has 9 heteroatoms. The van der Waals surface area contributed by atoms with Crippen molar-refractivity contribution in [3.63, 3.8) is 0 Å². The van der Waals surface area contributed by atoms with Gasteiger partial charge in [-0.2, -0.15) is 0 Å². The lowest BCUT2D eigenvalue weighted by Gasteiger charge is -2.37. The van der Waals surface area contributed by atoms with Crippen LogP contribution in [0, 0.1) is 0 Å². The Kier molecular flexibility index (Phi) is 6.99. The van der Waals surface area contributed by atoms with Gasteiger partial charge in [0.25, 0.3) is 5.91 Å². The lowest BCUT2D eigenvalue weighted by Crippen LogP contribution is -2.51. The molecule has 1 unspecified atom stereocenters. The number of hydrogen-bond acceptors (Lipinski definition) is 7. The number of nitrogens with zero attached hydrogens (tertiary/aromatic N) is 4. The highest BCUT2D eigenvalue weighted by Crippen LogP contribution is 2.38. The van der Waals surface area contributed by atoms with Crippen LogP contribution in [0.15, 0.2) is 24.3 Å². The molecule has 9 nitrogen and oxygen atoms in total. The number of benzene rings is 1. The average Bonchev–Trinajstić information content (AvgIpc) is 2.97. The molecule has 3 aliphatic heterocycles. The molecule has 3 heterocycles. The smallest absolute Gasteiger partial charge is 0.330 e. The van der Waals surface area contributed by atoms with Crippen LogP contribution in [0.5, 0.6) is 5.75 Å². The third kappa shape index (κ3) is 4.61. The zero-order valence-electron chi connectivity index (χ0n) is 19.3. The Labute approximate surface area is 189 Å². The number of ether oxygens (including phenoxy) is 3. The minimum atomic E-state index is -1.09. The molecule has 1 aromatic carbocycles. The Balaban J connectivity index is 1.61. The molecule has 4 rings (SSSR count). The maximum absolute atomic E-state index is 13.8. The fraction of sp³-hybridized carbons (Fsp3) is 0.652. The highest BCUT2D eigenvalue weighted by molar-refractivity contribution is 6.07. The van der Waals surface area contributed by atoms with Gasteiger partial charge in [0.2, 0.25) is 0 Å². The van der Waals surface area contributed by atoms with E-state index in [4.69, 9.17) is 14.2 Å². The number of urea groups is 1. The summed E-state index contributed by atoms with van der Waals surface area (Å²) in [4.78, 5) is 34.7. The van der Waals surface area contributed by atoms with E-state index in [1.165, 1.54) is 4.90 Å². The Hall–Kier alpha value is -2.20. The number of imide groups is 1. The fourth-order valence-electron chi connectivity index (χ4n) is 4.42. The molecule has 176 valence electrons. The topological polar surface area (TPSA) is 74.8 Å². The molecule has 32 heavy (non-hydrogen) atoms. The predicted molar refractivity (Wildman–Crippen MR) is 118 cm³/mol. The van der Waals surface area contributed by atoms with Gasteiger partial charge in [0.05, 0.1) is 45.9 Å². The van der Waals surface area contributed by atoms with Crippen LogP contribution >= 0.6 is 0 Å². The maximum Gasteiger partial charge on any atom is 0.330 e. The second-order valence-electron chi connectivity index (χ2n) is 8.95. The van der Waals surface area contributed by atoms with Gasteiger partial charge in [0.15, 0.2) is 0 Å². The highest BCUT2D eigenvalue weighted by atomic mass is 16.5. The number of morpholine rings is 2. The van der Waals surface area contributed by atoms with Gasteiger partial charge < -0.3 is 14.2 Å². The molecule has 0 spiro atoms. The van der Waals surface area contributed by atoms with Crippen molar-refractivity contribution in [3.8, 4) is 5.75 Å². The van der Waals surface area contributed by atoms with E-state index in [0.717, 1.165) is 24.4 Å². The predicted octanol–water partition coefficient (Wildman–Crippen LogP) is 1.53. The van der Waals surface area contributed by atoms with Crippen molar-refractivity contribution in [1.82, 2.24) is 19.6 Å². The molecular formula is C23H34N4O5. The Morgan fingerprint density at radius 1 is 0.906 bits per heavy atom. The van der Waals surface area contributed by atoms with Crippen molar-refractivity contribution in [2.24, 2.45) is 0 Å². The molecule has 0 bridgehead atoms. The summed E-state index contributed by atoms with van der Waals surface area (Å²) in [5, 5.41) is 0. The van der Waals surface area contributed by atoms with E-state index in [1.807, 2.05) is 45.0 Å². The first-order valence-electron chi connectivity index (χ1n) is 11.4. The van der Waals surface area contributed by atoms with Gasteiger partial charge in [-0.1, -0.05) is 12.1 Å². The van der Waals surface area contributed by atoms with E-state index in [0.29, 0.717) is 46.2 Å². The average molecular weight is 447 g/mol. The van der Waals surface area contributed by atoms with Gasteiger partial charge in [-0.05, 0) is 38.5 Å². The molecule has 0 radical (unpaired) electrons. The lowest BCUT2D eigenvalue weighted by atomic mass is 9.90. The first kappa shape index (κ1) is 23.0. The molecule has 3 amide bonds. The molecular weight excluding hydrogens is 412 g/mol. The van der Waals surface area contributed by atoms with Crippen LogP contribution in [-0.2, 0) is 19.8 Å². The van der Waals surface area contributed by atoms with Gasteiger partial charge >= 0.3 is 6.03 Å². The van der Waals surface area contributed by atoms with E-state index < -0.39 is 5.54 Å². The molecule has 1 atom stereocenters. The van der Waals surface area contributed by atoms with Crippen LogP contribution in [0.2, 0.25) is 0 Å². The zero-order valence-corrected chi connectivity index (χ0v) is 19.3. The van der Waals surface area contributed by atoms with Crippen LogP contribution < -0.4 is 4.74 Å². The second-order valence-corrected chi connectivity index (χ2v) is 8.95. The Morgan fingerprint density at radius 3 is 1.97 bits per heavy atom. The summed E-state index contributed by atoms with van der Waals surface area (Å²) in [7, 11) is 0. The number of carbonyl (C=O) groups is 2. The normalized spacial score (nSPS) is 25.8. The van der Waals surface area contributed by atoms with E-state index >= 15 is 0 Å². The van der Waals surface area contributed by atoms with Gasteiger partial charge in [-0.3, -0.25) is 19.5 Å². The van der Waals surface area contributed by atoms with Crippen LogP contribution in [-0.4, -0.2) is 104 Å². The summed E-state index contributed by atoms with van der Waals surface area (Å²) in [5.74, 6) is 0.550. The number of carbonyl (C=O) groups excluding carboxylic acids is 2. The number of rotatable bonds is 7. The standard InChI is InChI=1S/C23H34N4O5/c1-18(2)32-20-6-4-19(5-7-20)23(3)21(28)26(16-24-8-12-30-13-9-24)22(29)27(23)17-25-10-14-31-15-11-25/h4-7,18H,8-17H2,1-3H3. The lowest BCUT2D eigenvalue weighted by molar-refractivity contribution is -0.135. The van der Waals surface area contributed by atoms with Crippen LogP contribution in [0.1, 0.15) is 26.3 Å². The zero-order chi connectivity index (χ0) is 22.7. The third-order valence-corrected chi connectivity index (χ3v) is 6.34. The molecule has 3 saturated heterocycles. The second kappa shape index (κ2) is 9.74. The summed E-state index contributed by atoms with van der Waals surface area (Å²) >= 11 is 0. The summed E-state index contributed by atoms with van der Waals surface area (Å²) in [6.45, 7) is 11.8. The van der Waals surface area contributed by atoms with E-state index in [2.05, 4.69) is 9.80 Å².